The molecular weight excluding hydrogens is 370 g/mol. The molecule has 2 heterocycles. The first-order valence-electron chi connectivity index (χ1n) is 10.7. The third-order valence-corrected chi connectivity index (χ3v) is 5.75. The summed E-state index contributed by atoms with van der Waals surface area (Å²) < 4.78 is 2.49. The SMILES string of the molecule is CCCc1cc(C(C)C)c(C)n1Cc1ccc(-c2ccccc2-c2nnn[nH]2)cc1. The van der Waals surface area contributed by atoms with Gasteiger partial charge in [0.2, 0.25) is 0 Å². The Balaban J connectivity index is 1.64. The number of aromatic amines is 1. The van der Waals surface area contributed by atoms with Crippen LogP contribution in [0.1, 0.15) is 55.6 Å². The molecular formula is C25H29N5. The Morgan fingerprint density at radius 3 is 2.37 bits per heavy atom. The van der Waals surface area contributed by atoms with Gasteiger partial charge in [-0.1, -0.05) is 75.7 Å². The first kappa shape index (κ1) is 20.1. The monoisotopic (exact) mass is 399 g/mol. The summed E-state index contributed by atoms with van der Waals surface area (Å²) in [6, 6.07) is 19.5. The molecule has 154 valence electrons. The summed E-state index contributed by atoms with van der Waals surface area (Å²) in [6.45, 7) is 9.96. The first-order valence-corrected chi connectivity index (χ1v) is 10.7. The Bertz CT molecular complexity index is 1110. The molecule has 2 aromatic heterocycles. The average molecular weight is 400 g/mol. The van der Waals surface area contributed by atoms with Crippen molar-refractivity contribution in [2.24, 2.45) is 0 Å². The standard InChI is InChI=1S/C25H29N5/c1-5-8-21-15-24(17(2)3)18(4)30(21)16-19-11-13-20(14-12-19)22-9-6-7-10-23(22)25-26-28-29-27-25/h6-7,9-15,17H,5,8,16H2,1-4H3,(H,26,27,28,29). The van der Waals surface area contributed by atoms with Gasteiger partial charge in [0.15, 0.2) is 5.82 Å². The predicted molar refractivity (Wildman–Crippen MR) is 121 cm³/mol. The Morgan fingerprint density at radius 1 is 1.00 bits per heavy atom. The van der Waals surface area contributed by atoms with Crippen molar-refractivity contribution < 1.29 is 0 Å². The number of aryl methyl sites for hydroxylation is 1. The fourth-order valence-corrected chi connectivity index (χ4v) is 4.19. The molecule has 0 spiro atoms. The van der Waals surface area contributed by atoms with Crippen LogP contribution in [-0.4, -0.2) is 25.2 Å². The summed E-state index contributed by atoms with van der Waals surface area (Å²) in [5.74, 6) is 1.23. The minimum Gasteiger partial charge on any atom is -0.344 e. The van der Waals surface area contributed by atoms with Crippen molar-refractivity contribution in [1.29, 1.82) is 0 Å². The van der Waals surface area contributed by atoms with Crippen LogP contribution in [0.5, 0.6) is 0 Å². The largest absolute Gasteiger partial charge is 0.344 e. The van der Waals surface area contributed by atoms with E-state index in [0.717, 1.165) is 36.1 Å². The lowest BCUT2D eigenvalue weighted by atomic mass is 9.98. The number of nitrogens with one attached hydrogen (secondary N) is 1. The molecule has 0 saturated carbocycles. The zero-order chi connectivity index (χ0) is 21.1. The lowest BCUT2D eigenvalue weighted by Gasteiger charge is -2.14. The highest BCUT2D eigenvalue weighted by Crippen LogP contribution is 2.30. The molecule has 5 heteroatoms. The van der Waals surface area contributed by atoms with Crippen LogP contribution in [0.25, 0.3) is 22.5 Å². The predicted octanol–water partition coefficient (Wildman–Crippen LogP) is 5.77. The molecule has 4 aromatic rings. The summed E-state index contributed by atoms with van der Waals surface area (Å²) >= 11 is 0. The maximum Gasteiger partial charge on any atom is 0.180 e. The van der Waals surface area contributed by atoms with Crippen LogP contribution in [0.4, 0.5) is 0 Å². The number of hydrogen-bond donors (Lipinski definition) is 1. The number of benzene rings is 2. The maximum absolute atomic E-state index is 4.08. The van der Waals surface area contributed by atoms with Crippen molar-refractivity contribution in [2.75, 3.05) is 0 Å². The van der Waals surface area contributed by atoms with Crippen molar-refractivity contribution in [3.63, 3.8) is 0 Å². The molecule has 0 fully saturated rings. The molecule has 1 N–H and O–H groups in total. The molecule has 0 radical (unpaired) electrons. The summed E-state index contributed by atoms with van der Waals surface area (Å²) in [7, 11) is 0. The molecule has 4 rings (SSSR count). The maximum atomic E-state index is 4.08. The zero-order valence-corrected chi connectivity index (χ0v) is 18.2. The van der Waals surface area contributed by atoms with Gasteiger partial charge in [-0.2, -0.15) is 0 Å². The van der Waals surface area contributed by atoms with E-state index >= 15 is 0 Å². The zero-order valence-electron chi connectivity index (χ0n) is 18.2. The fraction of sp³-hybridized carbons (Fsp3) is 0.320. The minimum absolute atomic E-state index is 0.548. The van der Waals surface area contributed by atoms with Gasteiger partial charge in [-0.15, -0.1) is 5.10 Å². The normalized spacial score (nSPS) is 11.4. The third-order valence-electron chi connectivity index (χ3n) is 5.75. The molecule has 0 saturated heterocycles. The van der Waals surface area contributed by atoms with Gasteiger partial charge in [0.05, 0.1) is 0 Å². The van der Waals surface area contributed by atoms with Crippen molar-refractivity contribution in [2.45, 2.75) is 53.0 Å². The highest BCUT2D eigenvalue weighted by molar-refractivity contribution is 5.80. The van der Waals surface area contributed by atoms with Gasteiger partial charge in [-0.3, -0.25) is 0 Å². The van der Waals surface area contributed by atoms with Crippen LogP contribution >= 0.6 is 0 Å². The van der Waals surface area contributed by atoms with Gasteiger partial charge in [0, 0.05) is 23.5 Å². The molecule has 0 aliphatic heterocycles. The van der Waals surface area contributed by atoms with E-state index in [1.165, 1.54) is 22.5 Å². The van der Waals surface area contributed by atoms with Crippen molar-refractivity contribution in [1.82, 2.24) is 25.2 Å². The lowest BCUT2D eigenvalue weighted by Crippen LogP contribution is -2.06. The van der Waals surface area contributed by atoms with Crippen molar-refractivity contribution in [3.8, 4) is 22.5 Å². The van der Waals surface area contributed by atoms with Gasteiger partial charge in [0.1, 0.15) is 0 Å². The Kier molecular flexibility index (Phi) is 5.79. The summed E-state index contributed by atoms with van der Waals surface area (Å²) in [4.78, 5) is 0. The Labute approximate surface area is 178 Å². The number of rotatable bonds is 7. The van der Waals surface area contributed by atoms with Gasteiger partial charge in [-0.25, -0.2) is 5.10 Å². The number of H-pyrrole nitrogens is 1. The third kappa shape index (κ3) is 3.92. The number of hydrogen-bond acceptors (Lipinski definition) is 3. The van der Waals surface area contributed by atoms with Crippen LogP contribution in [-0.2, 0) is 13.0 Å². The van der Waals surface area contributed by atoms with E-state index in [1.54, 1.807) is 0 Å². The van der Waals surface area contributed by atoms with Gasteiger partial charge < -0.3 is 4.57 Å². The highest BCUT2D eigenvalue weighted by atomic mass is 15.5. The molecule has 0 unspecified atom stereocenters. The van der Waals surface area contributed by atoms with Crippen LogP contribution in [0, 0.1) is 6.92 Å². The minimum atomic E-state index is 0.548. The molecule has 30 heavy (non-hydrogen) atoms. The van der Waals surface area contributed by atoms with Gasteiger partial charge >= 0.3 is 0 Å². The van der Waals surface area contributed by atoms with E-state index in [2.05, 4.69) is 89.3 Å². The molecule has 0 aliphatic carbocycles. The van der Waals surface area contributed by atoms with E-state index in [0.29, 0.717) is 11.7 Å². The average Bonchev–Trinajstić information content (AvgIpc) is 3.39. The van der Waals surface area contributed by atoms with Gasteiger partial charge in [0.25, 0.3) is 0 Å². The van der Waals surface area contributed by atoms with E-state index in [-0.39, 0.29) is 0 Å². The summed E-state index contributed by atoms with van der Waals surface area (Å²) in [5.41, 5.74) is 8.88. The van der Waals surface area contributed by atoms with Crippen LogP contribution in [0.3, 0.4) is 0 Å². The number of aromatic nitrogens is 5. The number of nitrogens with zero attached hydrogens (tertiary/aromatic N) is 4. The first-order chi connectivity index (χ1) is 14.6. The quantitative estimate of drug-likeness (QED) is 0.429. The van der Waals surface area contributed by atoms with Crippen LogP contribution in [0.2, 0.25) is 0 Å². The smallest absolute Gasteiger partial charge is 0.180 e. The Morgan fingerprint density at radius 2 is 1.73 bits per heavy atom. The molecule has 0 amide bonds. The molecule has 5 nitrogen and oxygen atoms in total. The second kappa shape index (κ2) is 8.66. The van der Waals surface area contributed by atoms with Crippen LogP contribution < -0.4 is 0 Å². The van der Waals surface area contributed by atoms with E-state index in [9.17, 15) is 0 Å². The molecule has 0 aliphatic rings. The highest BCUT2D eigenvalue weighted by Gasteiger charge is 2.14. The topological polar surface area (TPSA) is 59.4 Å². The lowest BCUT2D eigenvalue weighted by molar-refractivity contribution is 0.701. The Hall–Kier alpha value is -3.21. The summed E-state index contributed by atoms with van der Waals surface area (Å²) in [6.07, 6.45) is 2.28. The molecule has 2 aromatic carbocycles. The molecule has 0 bridgehead atoms. The summed E-state index contributed by atoms with van der Waals surface area (Å²) in [5, 5.41) is 14.4. The fourth-order valence-electron chi connectivity index (χ4n) is 4.19. The van der Waals surface area contributed by atoms with Crippen molar-refractivity contribution in [3.05, 3.63) is 77.1 Å². The van der Waals surface area contributed by atoms with E-state index in [1.807, 2.05) is 18.2 Å². The number of tetrazole rings is 1. The van der Waals surface area contributed by atoms with E-state index < -0.39 is 0 Å². The second-order valence-electron chi connectivity index (χ2n) is 8.16. The van der Waals surface area contributed by atoms with Crippen LogP contribution in [0.15, 0.2) is 54.6 Å². The molecule has 0 atom stereocenters. The van der Waals surface area contributed by atoms with Crippen molar-refractivity contribution >= 4 is 0 Å². The van der Waals surface area contributed by atoms with Gasteiger partial charge in [-0.05, 0) is 58.0 Å². The second-order valence-corrected chi connectivity index (χ2v) is 8.16. The van der Waals surface area contributed by atoms with E-state index in [4.69, 9.17) is 0 Å².